The van der Waals surface area contributed by atoms with Crippen LogP contribution in [0, 0.1) is 0 Å². The summed E-state index contributed by atoms with van der Waals surface area (Å²) in [6.07, 6.45) is -0.685. The molecule has 0 aliphatic carbocycles. The number of carbonyl (C=O) groups is 1. The van der Waals surface area contributed by atoms with Gasteiger partial charge in [-0.05, 0) is 17.7 Å². The summed E-state index contributed by atoms with van der Waals surface area (Å²) in [7, 11) is 5.97. The van der Waals surface area contributed by atoms with E-state index in [4.69, 9.17) is 14.2 Å². The summed E-state index contributed by atoms with van der Waals surface area (Å²) >= 11 is 0. The third-order valence-electron chi connectivity index (χ3n) is 4.48. The molecule has 9 heteroatoms. The van der Waals surface area contributed by atoms with E-state index >= 15 is 0 Å². The molecule has 154 valence electrons. The molecule has 0 radical (unpaired) electrons. The van der Waals surface area contributed by atoms with Crippen molar-refractivity contribution in [1.29, 1.82) is 0 Å². The maximum Gasteiger partial charge on any atom is 0.412 e. The molecule has 4 rings (SSSR count). The highest BCUT2D eigenvalue weighted by Gasteiger charge is 2.27. The van der Waals surface area contributed by atoms with Gasteiger partial charge in [-0.3, -0.25) is 14.7 Å². The van der Waals surface area contributed by atoms with Gasteiger partial charge in [0.1, 0.15) is 23.8 Å². The Hall–Kier alpha value is -3.30. The summed E-state index contributed by atoms with van der Waals surface area (Å²) in [5.74, 6) is 1.10. The van der Waals surface area contributed by atoms with Crippen LogP contribution in [0.1, 0.15) is 5.56 Å². The Bertz CT molecular complexity index is 1200. The number of hydrogen-bond acceptors (Lipinski definition) is 7. The Morgan fingerprint density at radius 1 is 1.10 bits per heavy atom. The molecule has 1 N–H and O–H groups in total. The van der Waals surface area contributed by atoms with Crippen LogP contribution in [0.5, 0.6) is 11.5 Å². The van der Waals surface area contributed by atoms with Crippen molar-refractivity contribution in [3.8, 4) is 27.8 Å². The van der Waals surface area contributed by atoms with E-state index in [1.807, 2.05) is 35.7 Å². The standard InChI is InChI=1S/C21H18N2O5S2/c1-26-14-8-9-15(17(10-14)27-2)23-16-12-29-30-19(16)18(20(23)24)22-21(25)28-11-13-6-4-3-5-7-13/h3-10,12H,11H2,1-2H3,(H,22,25). The van der Waals surface area contributed by atoms with E-state index in [1.54, 1.807) is 25.3 Å². The van der Waals surface area contributed by atoms with Gasteiger partial charge in [-0.1, -0.05) is 51.0 Å². The maximum atomic E-state index is 13.2. The Balaban J connectivity index is 1.65. The number of methoxy groups -OCH3 is 2. The summed E-state index contributed by atoms with van der Waals surface area (Å²) < 4.78 is 17.5. The van der Waals surface area contributed by atoms with Gasteiger partial charge in [-0.15, -0.1) is 0 Å². The van der Waals surface area contributed by atoms with Gasteiger partial charge in [-0.2, -0.15) is 0 Å². The van der Waals surface area contributed by atoms with Gasteiger partial charge in [0.25, 0.3) is 5.56 Å². The van der Waals surface area contributed by atoms with Crippen LogP contribution in [0.25, 0.3) is 16.3 Å². The van der Waals surface area contributed by atoms with Crippen molar-refractivity contribution in [3.05, 3.63) is 69.8 Å². The number of carbonyl (C=O) groups excluding carboxylic acids is 1. The van der Waals surface area contributed by atoms with E-state index in [0.717, 1.165) is 5.56 Å². The topological polar surface area (TPSA) is 78.8 Å². The van der Waals surface area contributed by atoms with Gasteiger partial charge in [0.15, 0.2) is 0 Å². The highest BCUT2D eigenvalue weighted by molar-refractivity contribution is 7.70. The van der Waals surface area contributed by atoms with Crippen LogP contribution in [-0.2, 0) is 11.3 Å². The first-order valence-corrected chi connectivity index (χ1v) is 11.2. The zero-order valence-corrected chi connectivity index (χ0v) is 17.8. The molecule has 0 unspecified atom stereocenters. The van der Waals surface area contributed by atoms with E-state index in [0.29, 0.717) is 27.8 Å². The van der Waals surface area contributed by atoms with Crippen LogP contribution in [0.3, 0.4) is 0 Å². The lowest BCUT2D eigenvalue weighted by atomic mass is 10.2. The molecule has 7 nitrogen and oxygen atoms in total. The predicted octanol–water partition coefficient (Wildman–Crippen LogP) is 4.83. The minimum absolute atomic E-state index is 0.115. The first-order chi connectivity index (χ1) is 14.6. The Kier molecular flexibility index (Phi) is 5.73. The molecule has 30 heavy (non-hydrogen) atoms. The normalized spacial score (nSPS) is 10.7. The zero-order chi connectivity index (χ0) is 21.1. The zero-order valence-electron chi connectivity index (χ0n) is 16.2. The summed E-state index contributed by atoms with van der Waals surface area (Å²) in [5.41, 5.74) is 1.94. The lowest BCUT2D eigenvalue weighted by Gasteiger charge is -2.11. The number of nitrogens with one attached hydrogen (secondary N) is 1. The smallest absolute Gasteiger partial charge is 0.412 e. The number of amides is 1. The second-order valence-electron chi connectivity index (χ2n) is 6.25. The number of benzene rings is 2. The molecular formula is C21H18N2O5S2. The van der Waals surface area contributed by atoms with Crippen LogP contribution in [-0.4, -0.2) is 24.9 Å². The van der Waals surface area contributed by atoms with Crippen molar-refractivity contribution in [3.63, 3.8) is 0 Å². The van der Waals surface area contributed by atoms with Crippen molar-refractivity contribution in [2.45, 2.75) is 6.61 Å². The van der Waals surface area contributed by atoms with Crippen LogP contribution in [0.15, 0.2) is 58.7 Å². The average Bonchev–Trinajstić information content (AvgIpc) is 3.34. The SMILES string of the molecule is COc1ccc(-n2c3cssc-3c(NC(=O)OCc3ccccc3)c2=O)c(OC)c1. The number of hydrogen-bond donors (Lipinski definition) is 1. The average molecular weight is 443 g/mol. The van der Waals surface area contributed by atoms with Gasteiger partial charge in [-0.25, -0.2) is 4.79 Å². The van der Waals surface area contributed by atoms with Crippen molar-refractivity contribution in [2.24, 2.45) is 0 Å². The third-order valence-corrected chi connectivity index (χ3v) is 6.55. The van der Waals surface area contributed by atoms with Gasteiger partial charge in [0.05, 0.1) is 30.5 Å². The number of rotatable bonds is 6. The van der Waals surface area contributed by atoms with Crippen LogP contribution >= 0.6 is 20.7 Å². The monoisotopic (exact) mass is 442 g/mol. The Morgan fingerprint density at radius 3 is 2.63 bits per heavy atom. The first kappa shape index (κ1) is 20.0. The number of nitrogens with zero attached hydrogens (tertiary/aromatic N) is 1. The Morgan fingerprint density at radius 2 is 1.90 bits per heavy atom. The molecule has 0 atom stereocenters. The molecule has 0 saturated carbocycles. The van der Waals surface area contributed by atoms with Crippen LogP contribution in [0.2, 0.25) is 0 Å². The van der Waals surface area contributed by atoms with Gasteiger partial charge < -0.3 is 14.2 Å². The predicted molar refractivity (Wildman–Crippen MR) is 118 cm³/mol. The van der Waals surface area contributed by atoms with Crippen LogP contribution in [0.4, 0.5) is 10.5 Å². The van der Waals surface area contributed by atoms with E-state index in [9.17, 15) is 9.59 Å². The molecule has 0 saturated heterocycles. The van der Waals surface area contributed by atoms with Gasteiger partial charge >= 0.3 is 6.09 Å². The number of fused-ring (bicyclic) bond motifs is 1. The van der Waals surface area contributed by atoms with E-state index in [2.05, 4.69) is 5.32 Å². The van der Waals surface area contributed by atoms with Gasteiger partial charge in [0.2, 0.25) is 0 Å². The van der Waals surface area contributed by atoms with Crippen molar-refractivity contribution < 1.29 is 19.0 Å². The Labute approximate surface area is 179 Å². The van der Waals surface area contributed by atoms with Crippen LogP contribution < -0.4 is 20.3 Å². The molecule has 0 aromatic heterocycles. The summed E-state index contributed by atoms with van der Waals surface area (Å²) in [6.45, 7) is 0.115. The fourth-order valence-corrected chi connectivity index (χ4v) is 5.24. The molecule has 2 aromatic carbocycles. The molecule has 2 heterocycles. The highest BCUT2D eigenvalue weighted by atomic mass is 32.9. The molecule has 1 amide bonds. The molecule has 0 fully saturated rings. The molecule has 0 spiro atoms. The number of aromatic nitrogens is 1. The quantitative estimate of drug-likeness (QED) is 0.433. The van der Waals surface area contributed by atoms with E-state index < -0.39 is 6.09 Å². The van der Waals surface area contributed by atoms with Crippen molar-refractivity contribution in [1.82, 2.24) is 4.57 Å². The lowest BCUT2D eigenvalue weighted by Crippen LogP contribution is -2.21. The van der Waals surface area contributed by atoms with E-state index in [1.165, 1.54) is 32.4 Å². The first-order valence-electron chi connectivity index (χ1n) is 8.94. The fourth-order valence-electron chi connectivity index (χ4n) is 3.04. The molecular weight excluding hydrogens is 424 g/mol. The van der Waals surface area contributed by atoms with Gasteiger partial charge in [0, 0.05) is 11.4 Å². The largest absolute Gasteiger partial charge is 0.497 e. The second kappa shape index (κ2) is 8.60. The minimum atomic E-state index is -0.685. The van der Waals surface area contributed by atoms with Crippen molar-refractivity contribution in [2.75, 3.05) is 19.5 Å². The summed E-state index contributed by atoms with van der Waals surface area (Å²) in [5, 5.41) is 4.48. The molecule has 0 bridgehead atoms. The lowest BCUT2D eigenvalue weighted by molar-refractivity contribution is 0.155. The summed E-state index contributed by atoms with van der Waals surface area (Å²) in [6, 6.07) is 14.5. The minimum Gasteiger partial charge on any atom is -0.497 e. The fraction of sp³-hybridized carbons (Fsp3) is 0.143. The molecule has 2 aromatic rings. The molecule has 2 aliphatic heterocycles. The second-order valence-corrected chi connectivity index (χ2v) is 8.33. The van der Waals surface area contributed by atoms with Crippen molar-refractivity contribution >= 4 is 32.5 Å². The summed E-state index contributed by atoms with van der Waals surface area (Å²) in [4.78, 5) is 26.2. The maximum absolute atomic E-state index is 13.2. The highest BCUT2D eigenvalue weighted by Crippen LogP contribution is 2.40. The number of ether oxygens (including phenoxy) is 3. The molecule has 2 aliphatic rings. The third kappa shape index (κ3) is 3.77. The number of anilines is 1. The van der Waals surface area contributed by atoms with E-state index in [-0.39, 0.29) is 17.9 Å².